The molecule has 0 spiro atoms. The van der Waals surface area contributed by atoms with Crippen molar-refractivity contribution in [3.05, 3.63) is 69.8 Å². The Hall–Kier alpha value is -2.60. The molecule has 0 aliphatic carbocycles. The highest BCUT2D eigenvalue weighted by molar-refractivity contribution is 9.10. The van der Waals surface area contributed by atoms with Crippen molar-refractivity contribution in [2.45, 2.75) is 26.0 Å². The monoisotopic (exact) mass is 412 g/mol. The van der Waals surface area contributed by atoms with Gasteiger partial charge in [-0.25, -0.2) is 0 Å². The lowest BCUT2D eigenvalue weighted by Gasteiger charge is -2.03. The van der Waals surface area contributed by atoms with E-state index in [1.54, 1.807) is 12.1 Å². The van der Waals surface area contributed by atoms with Crippen LogP contribution in [0.4, 0.5) is 0 Å². The van der Waals surface area contributed by atoms with Crippen LogP contribution in [0.1, 0.15) is 28.5 Å². The number of ether oxygens (including phenoxy) is 1. The van der Waals surface area contributed by atoms with Crippen molar-refractivity contribution < 1.29 is 14.1 Å². The van der Waals surface area contributed by atoms with Crippen molar-refractivity contribution in [2.75, 3.05) is 0 Å². The van der Waals surface area contributed by atoms with Gasteiger partial charge in [-0.05, 0) is 48.9 Å². The number of hydrogen-bond donors (Lipinski definition) is 1. The summed E-state index contributed by atoms with van der Waals surface area (Å²) in [7, 11) is 0. The highest BCUT2D eigenvalue weighted by Gasteiger charge is 2.20. The summed E-state index contributed by atoms with van der Waals surface area (Å²) in [6, 6.07) is 15.1. The van der Waals surface area contributed by atoms with E-state index in [4.69, 9.17) is 9.26 Å². The molecule has 132 valence electrons. The maximum atomic E-state index is 12.2. The van der Waals surface area contributed by atoms with Crippen LogP contribution < -0.4 is 10.1 Å². The molecule has 1 amide bonds. The number of hydrogen-bond acceptors (Lipinski definition) is 4. The Labute approximate surface area is 159 Å². The summed E-state index contributed by atoms with van der Waals surface area (Å²) in [4.78, 5) is 12.2. The van der Waals surface area contributed by atoms with Crippen LogP contribution in [0.25, 0.3) is 11.3 Å². The maximum absolute atomic E-state index is 12.2. The second kappa shape index (κ2) is 6.96. The molecule has 3 aromatic rings. The largest absolute Gasteiger partial charge is 0.490 e. The van der Waals surface area contributed by atoms with Gasteiger partial charge in [-0.3, -0.25) is 4.79 Å². The Morgan fingerprint density at radius 2 is 2.15 bits per heavy atom. The fraction of sp³-hybridized carbons (Fsp3) is 0.200. The van der Waals surface area contributed by atoms with Gasteiger partial charge >= 0.3 is 0 Å². The van der Waals surface area contributed by atoms with E-state index in [9.17, 15) is 4.79 Å². The smallest absolute Gasteiger partial charge is 0.251 e. The number of aromatic nitrogens is 1. The van der Waals surface area contributed by atoms with Crippen molar-refractivity contribution in [2.24, 2.45) is 0 Å². The summed E-state index contributed by atoms with van der Waals surface area (Å²) in [6.45, 7) is 2.36. The van der Waals surface area contributed by atoms with Gasteiger partial charge < -0.3 is 14.6 Å². The van der Waals surface area contributed by atoms with Crippen molar-refractivity contribution in [3.63, 3.8) is 0 Å². The molecule has 5 nitrogen and oxygen atoms in total. The molecule has 1 aliphatic heterocycles. The van der Waals surface area contributed by atoms with E-state index < -0.39 is 0 Å². The molecule has 0 bridgehead atoms. The first-order chi connectivity index (χ1) is 12.6. The van der Waals surface area contributed by atoms with Gasteiger partial charge in [0.15, 0.2) is 5.76 Å². The van der Waals surface area contributed by atoms with Gasteiger partial charge in [0.1, 0.15) is 17.5 Å². The second-order valence-electron chi connectivity index (χ2n) is 6.33. The van der Waals surface area contributed by atoms with Crippen molar-refractivity contribution >= 4 is 21.8 Å². The van der Waals surface area contributed by atoms with Crippen LogP contribution in [0.5, 0.6) is 5.75 Å². The summed E-state index contributed by atoms with van der Waals surface area (Å²) in [6.07, 6.45) is 1.10. The molecule has 1 atom stereocenters. The molecular weight excluding hydrogens is 396 g/mol. The number of fused-ring (bicyclic) bond motifs is 1. The molecule has 0 saturated carbocycles. The first-order valence-electron chi connectivity index (χ1n) is 8.38. The lowest BCUT2D eigenvalue weighted by atomic mass is 10.1. The Kier molecular flexibility index (Phi) is 4.51. The third-order valence-corrected chi connectivity index (χ3v) is 4.75. The standard InChI is InChI=1S/C20H17BrN2O3/c1-12-7-15-8-13(5-6-18(15)25-12)19-10-17(23-26-19)11-22-20(24)14-3-2-4-16(21)9-14/h2-6,8-10,12H,7,11H2,1H3,(H,22,24). The van der Waals surface area contributed by atoms with Gasteiger partial charge in [-0.1, -0.05) is 27.2 Å². The number of nitrogens with one attached hydrogen (secondary N) is 1. The Morgan fingerprint density at radius 3 is 3.00 bits per heavy atom. The minimum absolute atomic E-state index is 0.153. The van der Waals surface area contributed by atoms with Crippen LogP contribution in [-0.4, -0.2) is 17.2 Å². The summed E-state index contributed by atoms with van der Waals surface area (Å²) in [5, 5.41) is 6.91. The van der Waals surface area contributed by atoms with Crippen LogP contribution in [0, 0.1) is 0 Å². The van der Waals surface area contributed by atoms with Crippen LogP contribution in [0.15, 0.2) is 57.5 Å². The van der Waals surface area contributed by atoms with E-state index in [0.29, 0.717) is 23.6 Å². The zero-order valence-corrected chi connectivity index (χ0v) is 15.7. The lowest BCUT2D eigenvalue weighted by Crippen LogP contribution is -2.22. The average molecular weight is 413 g/mol. The van der Waals surface area contributed by atoms with Gasteiger partial charge in [0, 0.05) is 28.1 Å². The van der Waals surface area contributed by atoms with E-state index >= 15 is 0 Å². The molecule has 0 fully saturated rings. The van der Waals surface area contributed by atoms with Gasteiger partial charge in [0.25, 0.3) is 5.91 Å². The van der Waals surface area contributed by atoms with Crippen molar-refractivity contribution in [1.82, 2.24) is 10.5 Å². The summed E-state index contributed by atoms with van der Waals surface area (Å²) < 4.78 is 12.0. The predicted octanol–water partition coefficient (Wildman–Crippen LogP) is 4.36. The van der Waals surface area contributed by atoms with Gasteiger partial charge in [-0.2, -0.15) is 0 Å². The van der Waals surface area contributed by atoms with Crippen LogP contribution in [-0.2, 0) is 13.0 Å². The molecule has 0 saturated heterocycles. The first kappa shape index (κ1) is 16.8. The zero-order chi connectivity index (χ0) is 18.1. The highest BCUT2D eigenvalue weighted by atomic mass is 79.9. The van der Waals surface area contributed by atoms with E-state index in [2.05, 4.69) is 39.4 Å². The number of rotatable bonds is 4. The molecule has 1 N–H and O–H groups in total. The quantitative estimate of drug-likeness (QED) is 0.691. The van der Waals surface area contributed by atoms with E-state index in [-0.39, 0.29) is 12.0 Å². The predicted molar refractivity (Wildman–Crippen MR) is 101 cm³/mol. The fourth-order valence-corrected chi connectivity index (χ4v) is 3.41. The van der Waals surface area contributed by atoms with Gasteiger partial charge in [0.2, 0.25) is 0 Å². The minimum Gasteiger partial charge on any atom is -0.490 e. The Bertz CT molecular complexity index is 967. The minimum atomic E-state index is -0.153. The van der Waals surface area contributed by atoms with Crippen molar-refractivity contribution in [3.8, 4) is 17.1 Å². The second-order valence-corrected chi connectivity index (χ2v) is 7.25. The van der Waals surface area contributed by atoms with Crippen LogP contribution >= 0.6 is 15.9 Å². The third kappa shape index (κ3) is 3.51. The Morgan fingerprint density at radius 1 is 1.27 bits per heavy atom. The van der Waals surface area contributed by atoms with E-state index in [0.717, 1.165) is 22.2 Å². The van der Waals surface area contributed by atoms with E-state index in [1.165, 1.54) is 5.56 Å². The van der Waals surface area contributed by atoms with Gasteiger partial charge in [-0.15, -0.1) is 0 Å². The zero-order valence-electron chi connectivity index (χ0n) is 14.2. The molecule has 1 aromatic heterocycles. The number of carbonyl (C=O) groups is 1. The van der Waals surface area contributed by atoms with E-state index in [1.807, 2.05) is 30.3 Å². The number of benzene rings is 2. The Balaban J connectivity index is 1.44. The SMILES string of the molecule is CC1Cc2cc(-c3cc(CNC(=O)c4cccc(Br)c4)no3)ccc2O1. The molecule has 2 aromatic carbocycles. The number of amides is 1. The summed E-state index contributed by atoms with van der Waals surface area (Å²) >= 11 is 3.36. The lowest BCUT2D eigenvalue weighted by molar-refractivity contribution is 0.0950. The molecule has 4 rings (SSSR count). The summed E-state index contributed by atoms with van der Waals surface area (Å²) in [5.41, 5.74) is 3.40. The number of nitrogens with zero attached hydrogens (tertiary/aromatic N) is 1. The van der Waals surface area contributed by atoms with Crippen LogP contribution in [0.3, 0.4) is 0 Å². The van der Waals surface area contributed by atoms with Crippen LogP contribution in [0.2, 0.25) is 0 Å². The normalized spacial score (nSPS) is 15.4. The first-order valence-corrected chi connectivity index (χ1v) is 9.17. The fourth-order valence-electron chi connectivity index (χ4n) is 3.01. The number of halogens is 1. The average Bonchev–Trinajstić information content (AvgIpc) is 3.24. The molecule has 0 radical (unpaired) electrons. The maximum Gasteiger partial charge on any atom is 0.251 e. The molecule has 6 heteroatoms. The molecular formula is C20H17BrN2O3. The molecule has 26 heavy (non-hydrogen) atoms. The van der Waals surface area contributed by atoms with Crippen molar-refractivity contribution in [1.29, 1.82) is 0 Å². The molecule has 1 aliphatic rings. The van der Waals surface area contributed by atoms with Gasteiger partial charge in [0.05, 0.1) is 6.54 Å². The highest BCUT2D eigenvalue weighted by Crippen LogP contribution is 2.33. The number of carbonyl (C=O) groups excluding carboxylic acids is 1. The molecule has 2 heterocycles. The topological polar surface area (TPSA) is 64.4 Å². The third-order valence-electron chi connectivity index (χ3n) is 4.26. The molecule has 1 unspecified atom stereocenters. The summed E-state index contributed by atoms with van der Waals surface area (Å²) in [5.74, 6) is 1.46.